The minimum atomic E-state index is -0.707. The lowest BCUT2D eigenvalue weighted by Crippen LogP contribution is -2.43. The number of hydrogen-bond donors (Lipinski definition) is 3. The van der Waals surface area contributed by atoms with Gasteiger partial charge in [0.1, 0.15) is 18.5 Å². The molecule has 2 aromatic carbocycles. The van der Waals surface area contributed by atoms with Crippen molar-refractivity contribution in [3.05, 3.63) is 57.6 Å². The topological polar surface area (TPSA) is 112 Å². The number of nitriles is 1. The summed E-state index contributed by atoms with van der Waals surface area (Å²) in [6.45, 7) is 2.21. The molecule has 1 amide bonds. The van der Waals surface area contributed by atoms with Crippen LogP contribution in [0.25, 0.3) is 0 Å². The van der Waals surface area contributed by atoms with Crippen LogP contribution in [-0.2, 0) is 11.2 Å². The van der Waals surface area contributed by atoms with Crippen LogP contribution in [-0.4, -0.2) is 54.3 Å². The Hall–Kier alpha value is -2.50. The molecule has 32 heavy (non-hydrogen) atoms. The maximum absolute atomic E-state index is 11.3. The molecule has 170 valence electrons. The minimum absolute atomic E-state index is 0.0104. The number of β-amino-alcohol motifs (C(OH)–C–C–N with tert-alkyl or cyclic N) is 1. The average Bonchev–Trinajstić information content (AvgIpc) is 2.76. The fourth-order valence-corrected chi connectivity index (χ4v) is 4.01. The third-order valence-electron chi connectivity index (χ3n) is 5.34. The van der Waals surface area contributed by atoms with Gasteiger partial charge >= 0.3 is 0 Å². The number of nitrogens with one attached hydrogen (secondary N) is 1. The van der Waals surface area contributed by atoms with Crippen molar-refractivity contribution < 1.29 is 14.6 Å². The molecule has 0 radical (unpaired) electrons. The maximum atomic E-state index is 11.3. The van der Waals surface area contributed by atoms with Gasteiger partial charge in [-0.3, -0.25) is 4.79 Å². The van der Waals surface area contributed by atoms with Gasteiger partial charge in [-0.1, -0.05) is 29.3 Å². The van der Waals surface area contributed by atoms with Crippen molar-refractivity contribution in [3.8, 4) is 11.8 Å². The van der Waals surface area contributed by atoms with Crippen LogP contribution in [0.3, 0.4) is 0 Å². The van der Waals surface area contributed by atoms with Gasteiger partial charge in [0.2, 0.25) is 5.91 Å². The molecule has 4 N–H and O–H groups in total. The van der Waals surface area contributed by atoms with E-state index < -0.39 is 12.0 Å². The van der Waals surface area contributed by atoms with E-state index in [1.165, 1.54) is 0 Å². The molecule has 2 aromatic rings. The number of piperidine rings is 1. The minimum Gasteiger partial charge on any atom is -0.490 e. The molecule has 1 aliphatic heterocycles. The van der Waals surface area contributed by atoms with Crippen molar-refractivity contribution in [3.63, 3.8) is 0 Å². The summed E-state index contributed by atoms with van der Waals surface area (Å²) in [7, 11) is 0. The fraction of sp³-hybridized carbons (Fsp3) is 0.391. The summed E-state index contributed by atoms with van der Waals surface area (Å²) in [5, 5.41) is 24.1. The Labute approximate surface area is 197 Å². The van der Waals surface area contributed by atoms with Crippen LogP contribution in [0.2, 0.25) is 10.0 Å². The van der Waals surface area contributed by atoms with Crippen LogP contribution in [0.15, 0.2) is 36.4 Å². The lowest BCUT2D eigenvalue weighted by Gasteiger charge is -2.34. The van der Waals surface area contributed by atoms with E-state index in [1.54, 1.807) is 24.3 Å². The number of nitrogens with zero attached hydrogens (tertiary/aromatic N) is 2. The first-order valence-corrected chi connectivity index (χ1v) is 11.2. The van der Waals surface area contributed by atoms with Crippen LogP contribution < -0.4 is 15.8 Å². The summed E-state index contributed by atoms with van der Waals surface area (Å²) in [4.78, 5) is 13.5. The van der Waals surface area contributed by atoms with Crippen LogP contribution in [0.1, 0.15) is 24.0 Å². The molecule has 0 saturated carbocycles. The van der Waals surface area contributed by atoms with Crippen molar-refractivity contribution in [1.82, 2.24) is 4.90 Å². The summed E-state index contributed by atoms with van der Waals surface area (Å²) in [5.74, 6) is -0.0936. The van der Waals surface area contributed by atoms with E-state index in [-0.39, 0.29) is 13.0 Å². The number of ether oxygens (including phenoxy) is 1. The Balaban J connectivity index is 1.46. The Bertz CT molecular complexity index is 988. The number of amides is 1. The SMILES string of the molecule is N#Cc1ccc(CC(N)=O)c(OCC(O)CN2CCC(Nc3ccc(Cl)c(Cl)c3)CC2)c1. The molecule has 9 heteroatoms. The van der Waals surface area contributed by atoms with Gasteiger partial charge in [0, 0.05) is 36.9 Å². The number of halogens is 2. The van der Waals surface area contributed by atoms with E-state index in [4.69, 9.17) is 38.9 Å². The zero-order chi connectivity index (χ0) is 23.1. The number of rotatable bonds is 9. The standard InChI is InChI=1S/C23H26Cl2N4O3/c24-20-4-3-18(11-21(20)25)28-17-5-7-29(8-6-17)13-19(30)14-32-22-9-15(12-26)1-2-16(22)10-23(27)31/h1-4,9,11,17,19,28,30H,5-8,10,13-14H2,(H2,27,31). The van der Waals surface area contributed by atoms with E-state index >= 15 is 0 Å². The first-order valence-electron chi connectivity index (χ1n) is 10.4. The highest BCUT2D eigenvalue weighted by Gasteiger charge is 2.21. The zero-order valence-corrected chi connectivity index (χ0v) is 19.1. The molecule has 1 heterocycles. The van der Waals surface area contributed by atoms with Crippen molar-refractivity contribution in [1.29, 1.82) is 5.26 Å². The van der Waals surface area contributed by atoms with Gasteiger partial charge in [-0.15, -0.1) is 0 Å². The average molecular weight is 477 g/mol. The van der Waals surface area contributed by atoms with Crippen LogP contribution in [0.5, 0.6) is 5.75 Å². The fourth-order valence-electron chi connectivity index (χ4n) is 3.71. The van der Waals surface area contributed by atoms with Gasteiger partial charge in [0.05, 0.1) is 28.1 Å². The van der Waals surface area contributed by atoms with Crippen molar-refractivity contribution in [2.75, 3.05) is 31.6 Å². The van der Waals surface area contributed by atoms with Gasteiger partial charge < -0.3 is 25.8 Å². The lowest BCUT2D eigenvalue weighted by molar-refractivity contribution is -0.117. The van der Waals surface area contributed by atoms with E-state index in [9.17, 15) is 9.90 Å². The summed E-state index contributed by atoms with van der Waals surface area (Å²) >= 11 is 12.0. The number of carbonyl (C=O) groups is 1. The van der Waals surface area contributed by atoms with Crippen molar-refractivity contribution in [2.45, 2.75) is 31.4 Å². The number of carbonyl (C=O) groups excluding carboxylic acids is 1. The monoisotopic (exact) mass is 476 g/mol. The molecule has 1 atom stereocenters. The molecular weight excluding hydrogens is 451 g/mol. The van der Waals surface area contributed by atoms with E-state index in [0.717, 1.165) is 31.6 Å². The normalized spacial score (nSPS) is 15.7. The van der Waals surface area contributed by atoms with Gasteiger partial charge in [0.25, 0.3) is 0 Å². The van der Waals surface area contributed by atoms with E-state index in [1.807, 2.05) is 18.2 Å². The summed E-state index contributed by atoms with van der Waals surface area (Å²) in [6, 6.07) is 12.7. The second-order valence-corrected chi connectivity index (χ2v) is 8.70. The molecule has 1 aliphatic rings. The Morgan fingerprint density at radius 2 is 2.00 bits per heavy atom. The molecular formula is C23H26Cl2N4O3. The molecule has 0 aliphatic carbocycles. The largest absolute Gasteiger partial charge is 0.490 e. The Kier molecular flexibility index (Phi) is 8.60. The second kappa shape index (κ2) is 11.4. The van der Waals surface area contributed by atoms with Gasteiger partial charge in [-0.25, -0.2) is 0 Å². The molecule has 3 rings (SSSR count). The molecule has 7 nitrogen and oxygen atoms in total. The zero-order valence-electron chi connectivity index (χ0n) is 17.6. The van der Waals surface area contributed by atoms with E-state index in [2.05, 4.69) is 10.2 Å². The molecule has 0 aromatic heterocycles. The number of primary amides is 1. The quantitative estimate of drug-likeness (QED) is 0.512. The smallest absolute Gasteiger partial charge is 0.221 e. The van der Waals surface area contributed by atoms with Crippen molar-refractivity contribution >= 4 is 34.8 Å². The predicted octanol–water partition coefficient (Wildman–Crippen LogP) is 3.21. The third-order valence-corrected chi connectivity index (χ3v) is 6.08. The highest BCUT2D eigenvalue weighted by Crippen LogP contribution is 2.26. The van der Waals surface area contributed by atoms with Gasteiger partial charge in [-0.05, 0) is 43.2 Å². The van der Waals surface area contributed by atoms with Crippen LogP contribution in [0, 0.1) is 11.3 Å². The Morgan fingerprint density at radius 3 is 2.66 bits per heavy atom. The highest BCUT2D eigenvalue weighted by atomic mass is 35.5. The summed E-state index contributed by atoms with van der Waals surface area (Å²) in [6.07, 6.45) is 1.17. The molecule has 1 unspecified atom stereocenters. The number of benzene rings is 2. The van der Waals surface area contributed by atoms with Crippen LogP contribution >= 0.6 is 23.2 Å². The maximum Gasteiger partial charge on any atom is 0.221 e. The number of aliphatic hydroxyl groups is 1. The van der Waals surface area contributed by atoms with Crippen LogP contribution in [0.4, 0.5) is 5.69 Å². The Morgan fingerprint density at radius 1 is 1.25 bits per heavy atom. The predicted molar refractivity (Wildman–Crippen MR) is 125 cm³/mol. The number of nitrogens with two attached hydrogens (primary N) is 1. The number of likely N-dealkylation sites (tertiary alicyclic amines) is 1. The number of hydrogen-bond acceptors (Lipinski definition) is 6. The summed E-state index contributed by atoms with van der Waals surface area (Å²) in [5.41, 5.74) is 7.24. The molecule has 0 spiro atoms. The van der Waals surface area contributed by atoms with E-state index in [0.29, 0.717) is 39.5 Å². The van der Waals surface area contributed by atoms with Gasteiger partial charge in [-0.2, -0.15) is 5.26 Å². The first kappa shape index (κ1) is 24.1. The first-order chi connectivity index (χ1) is 15.3. The van der Waals surface area contributed by atoms with Gasteiger partial charge in [0.15, 0.2) is 0 Å². The number of anilines is 1. The molecule has 0 bridgehead atoms. The highest BCUT2D eigenvalue weighted by molar-refractivity contribution is 6.42. The summed E-state index contributed by atoms with van der Waals surface area (Å²) < 4.78 is 5.73. The number of aliphatic hydroxyl groups excluding tert-OH is 1. The van der Waals surface area contributed by atoms with Crippen molar-refractivity contribution in [2.24, 2.45) is 5.73 Å². The molecule has 1 saturated heterocycles. The molecule has 1 fully saturated rings. The third kappa shape index (κ3) is 7.01. The second-order valence-electron chi connectivity index (χ2n) is 7.89. The lowest BCUT2D eigenvalue weighted by atomic mass is 10.0.